The second kappa shape index (κ2) is 4.37. The number of sulfone groups is 1. The normalized spacial score (nSPS) is 21.4. The summed E-state index contributed by atoms with van der Waals surface area (Å²) in [5.74, 6) is 2.40. The molecule has 0 spiro atoms. The van der Waals surface area contributed by atoms with E-state index in [1.165, 1.54) is 0 Å². The molecular weight excluding hydrogens is 278 g/mol. The first-order chi connectivity index (χ1) is 9.35. The second-order valence-corrected chi connectivity index (χ2v) is 7.51. The lowest BCUT2D eigenvalue weighted by Crippen LogP contribution is -2.14. The van der Waals surface area contributed by atoms with E-state index in [1.54, 1.807) is 10.7 Å². The predicted octanol–water partition coefficient (Wildman–Crippen LogP) is 1.70. The third-order valence-corrected chi connectivity index (χ3v) is 5.39. The second-order valence-electron chi connectivity index (χ2n) is 5.28. The van der Waals surface area contributed by atoms with Crippen LogP contribution in [0.25, 0.3) is 11.3 Å². The van der Waals surface area contributed by atoms with Gasteiger partial charge in [0.1, 0.15) is 17.3 Å². The molecule has 1 saturated heterocycles. The molecule has 0 radical (unpaired) electrons. The van der Waals surface area contributed by atoms with Crippen molar-refractivity contribution in [3.63, 3.8) is 0 Å². The topological polar surface area (TPSA) is 91.1 Å². The Labute approximate surface area is 117 Å². The summed E-state index contributed by atoms with van der Waals surface area (Å²) in [5, 5.41) is 4.47. The number of nitrogens with two attached hydrogens (primary N) is 1. The number of nitrogen functional groups attached to an aromatic ring is 1. The summed E-state index contributed by atoms with van der Waals surface area (Å²) in [4.78, 5) is 0. The van der Waals surface area contributed by atoms with Gasteiger partial charge >= 0.3 is 0 Å². The molecule has 0 bridgehead atoms. The van der Waals surface area contributed by atoms with Crippen LogP contribution in [0.4, 0.5) is 5.82 Å². The van der Waals surface area contributed by atoms with Crippen molar-refractivity contribution in [2.75, 3.05) is 17.2 Å². The van der Waals surface area contributed by atoms with Gasteiger partial charge in [0, 0.05) is 11.6 Å². The van der Waals surface area contributed by atoms with E-state index in [1.807, 2.05) is 19.9 Å². The monoisotopic (exact) mass is 295 g/mol. The lowest BCUT2D eigenvalue weighted by molar-refractivity contribution is 0.502. The van der Waals surface area contributed by atoms with Gasteiger partial charge in [-0.1, -0.05) is 0 Å². The quantitative estimate of drug-likeness (QED) is 0.910. The number of nitrogens with zero attached hydrogens (tertiary/aromatic N) is 2. The molecule has 2 aromatic heterocycles. The number of aryl methyl sites for hydroxylation is 2. The van der Waals surface area contributed by atoms with Crippen molar-refractivity contribution in [2.24, 2.45) is 0 Å². The fourth-order valence-electron chi connectivity index (χ4n) is 2.69. The first-order valence-electron chi connectivity index (χ1n) is 6.48. The molecule has 0 amide bonds. The summed E-state index contributed by atoms with van der Waals surface area (Å²) in [5.41, 5.74) is 7.60. The van der Waals surface area contributed by atoms with E-state index in [-0.39, 0.29) is 17.5 Å². The van der Waals surface area contributed by atoms with Crippen molar-refractivity contribution < 1.29 is 12.8 Å². The molecule has 1 fully saturated rings. The summed E-state index contributed by atoms with van der Waals surface area (Å²) in [6, 6.07) is 3.51. The Bertz CT molecular complexity index is 758. The van der Waals surface area contributed by atoms with E-state index in [2.05, 4.69) is 5.10 Å². The highest BCUT2D eigenvalue weighted by atomic mass is 32.2. The first-order valence-corrected chi connectivity index (χ1v) is 8.31. The molecule has 1 aliphatic rings. The lowest BCUT2D eigenvalue weighted by atomic mass is 10.2. The number of rotatable bonds is 2. The van der Waals surface area contributed by atoms with Crippen LogP contribution in [0.5, 0.6) is 0 Å². The lowest BCUT2D eigenvalue weighted by Gasteiger charge is -2.09. The van der Waals surface area contributed by atoms with Crippen LogP contribution in [0.15, 0.2) is 16.5 Å². The molecule has 2 N–H and O–H groups in total. The molecule has 0 aromatic carbocycles. The SMILES string of the molecule is Cc1cc(-c2cc(N)n(C3CCS(=O)(=O)C3)n2)c(C)o1. The van der Waals surface area contributed by atoms with Crippen molar-refractivity contribution in [3.05, 3.63) is 23.7 Å². The fraction of sp³-hybridized carbons (Fsp3) is 0.462. The van der Waals surface area contributed by atoms with Crippen LogP contribution in [0, 0.1) is 13.8 Å². The molecule has 0 aliphatic carbocycles. The standard InChI is InChI=1S/C13H17N3O3S/c1-8-5-11(9(2)19-8)12-6-13(14)16(15-12)10-3-4-20(17,18)7-10/h5-6,10H,3-4,7,14H2,1-2H3. The maximum absolute atomic E-state index is 11.6. The van der Waals surface area contributed by atoms with Gasteiger partial charge in [-0.25, -0.2) is 13.1 Å². The average molecular weight is 295 g/mol. The van der Waals surface area contributed by atoms with Crippen LogP contribution in [0.2, 0.25) is 0 Å². The molecule has 3 heterocycles. The largest absolute Gasteiger partial charge is 0.466 e. The molecule has 108 valence electrons. The summed E-state index contributed by atoms with van der Waals surface area (Å²) >= 11 is 0. The molecule has 3 rings (SSSR count). The van der Waals surface area contributed by atoms with Crippen molar-refractivity contribution in [3.8, 4) is 11.3 Å². The molecule has 1 aliphatic heterocycles. The summed E-state index contributed by atoms with van der Waals surface area (Å²) < 4.78 is 30.2. The highest BCUT2D eigenvalue weighted by Gasteiger charge is 2.31. The number of anilines is 1. The number of hydrogen-bond donors (Lipinski definition) is 1. The van der Waals surface area contributed by atoms with Gasteiger partial charge in [-0.05, 0) is 26.3 Å². The van der Waals surface area contributed by atoms with Gasteiger partial charge in [0.25, 0.3) is 0 Å². The van der Waals surface area contributed by atoms with Crippen molar-refractivity contribution in [1.82, 2.24) is 9.78 Å². The zero-order chi connectivity index (χ0) is 14.5. The number of aromatic nitrogens is 2. The van der Waals surface area contributed by atoms with Crippen LogP contribution < -0.4 is 5.73 Å². The molecule has 0 saturated carbocycles. The molecule has 7 heteroatoms. The minimum atomic E-state index is -2.95. The minimum absolute atomic E-state index is 0.113. The van der Waals surface area contributed by atoms with Crippen molar-refractivity contribution in [2.45, 2.75) is 26.3 Å². The molecule has 2 aromatic rings. The Morgan fingerprint density at radius 3 is 2.70 bits per heavy atom. The summed E-state index contributed by atoms with van der Waals surface area (Å²) in [6.45, 7) is 3.75. The summed E-state index contributed by atoms with van der Waals surface area (Å²) in [6.07, 6.45) is 0.567. The third-order valence-electron chi connectivity index (χ3n) is 3.64. The number of hydrogen-bond acceptors (Lipinski definition) is 5. The van der Waals surface area contributed by atoms with Crippen LogP contribution in [0.3, 0.4) is 0 Å². The molecule has 20 heavy (non-hydrogen) atoms. The highest BCUT2D eigenvalue weighted by Crippen LogP contribution is 2.31. The van der Waals surface area contributed by atoms with E-state index < -0.39 is 9.84 Å². The van der Waals surface area contributed by atoms with E-state index in [0.29, 0.717) is 12.2 Å². The molecule has 1 atom stereocenters. The zero-order valence-electron chi connectivity index (χ0n) is 11.5. The highest BCUT2D eigenvalue weighted by molar-refractivity contribution is 7.91. The van der Waals surface area contributed by atoms with E-state index in [4.69, 9.17) is 10.2 Å². The van der Waals surface area contributed by atoms with Gasteiger partial charge in [0.15, 0.2) is 9.84 Å². The van der Waals surface area contributed by atoms with Crippen LogP contribution in [-0.2, 0) is 9.84 Å². The Morgan fingerprint density at radius 1 is 1.40 bits per heavy atom. The van der Waals surface area contributed by atoms with Gasteiger partial charge in [-0.3, -0.25) is 0 Å². The van der Waals surface area contributed by atoms with Crippen molar-refractivity contribution in [1.29, 1.82) is 0 Å². The van der Waals surface area contributed by atoms with Crippen LogP contribution in [-0.4, -0.2) is 29.7 Å². The van der Waals surface area contributed by atoms with Gasteiger partial charge in [0.05, 0.1) is 23.2 Å². The Hall–Kier alpha value is -1.76. The van der Waals surface area contributed by atoms with Gasteiger partial charge < -0.3 is 10.2 Å². The van der Waals surface area contributed by atoms with Crippen LogP contribution in [0.1, 0.15) is 24.0 Å². The Balaban J connectivity index is 1.98. The number of furan rings is 1. The molecule has 1 unspecified atom stereocenters. The zero-order valence-corrected chi connectivity index (χ0v) is 12.3. The average Bonchev–Trinajstić information content (AvgIpc) is 2.97. The molecular formula is C13H17N3O3S. The maximum atomic E-state index is 11.6. The minimum Gasteiger partial charge on any atom is -0.466 e. The Kier molecular flexibility index (Phi) is 2.89. The van der Waals surface area contributed by atoms with Gasteiger partial charge in [-0.2, -0.15) is 5.10 Å². The maximum Gasteiger partial charge on any atom is 0.152 e. The van der Waals surface area contributed by atoms with E-state index in [0.717, 1.165) is 22.8 Å². The first kappa shape index (κ1) is 13.2. The van der Waals surface area contributed by atoms with Crippen molar-refractivity contribution >= 4 is 15.7 Å². The van der Waals surface area contributed by atoms with E-state index in [9.17, 15) is 8.42 Å². The smallest absolute Gasteiger partial charge is 0.152 e. The molecule has 6 nitrogen and oxygen atoms in total. The van der Waals surface area contributed by atoms with Crippen LogP contribution >= 0.6 is 0 Å². The van der Waals surface area contributed by atoms with Gasteiger partial charge in [-0.15, -0.1) is 0 Å². The van der Waals surface area contributed by atoms with Gasteiger partial charge in [0.2, 0.25) is 0 Å². The fourth-order valence-corrected chi connectivity index (χ4v) is 4.38. The predicted molar refractivity (Wildman–Crippen MR) is 76.1 cm³/mol. The Morgan fingerprint density at radius 2 is 2.15 bits per heavy atom. The van der Waals surface area contributed by atoms with E-state index >= 15 is 0 Å². The summed E-state index contributed by atoms with van der Waals surface area (Å²) in [7, 11) is -2.95. The third kappa shape index (κ3) is 2.22.